The number of carbonyl (C=O) groups excluding carboxylic acids is 1. The molecule has 2 aromatic rings. The largest absolute Gasteiger partial charge is 0.350 e. The van der Waals surface area contributed by atoms with Crippen LogP contribution in [0.4, 0.5) is 0 Å². The Morgan fingerprint density at radius 3 is 2.70 bits per heavy atom. The van der Waals surface area contributed by atoms with Crippen LogP contribution in [0.5, 0.6) is 0 Å². The maximum atomic E-state index is 11.8. The van der Waals surface area contributed by atoms with Gasteiger partial charge in [-0.05, 0) is 47.2 Å². The number of nitrogens with one attached hydrogen (secondary N) is 1. The second-order valence-corrected chi connectivity index (χ2v) is 5.65. The minimum Gasteiger partial charge on any atom is -0.350 e. The van der Waals surface area contributed by atoms with Crippen molar-refractivity contribution in [3.8, 4) is 0 Å². The molecule has 1 N–H and O–H groups in total. The molecule has 1 heterocycles. The van der Waals surface area contributed by atoms with E-state index >= 15 is 0 Å². The number of hydrogen-bond acceptors (Lipinski definition) is 3. The summed E-state index contributed by atoms with van der Waals surface area (Å²) in [5.41, 5.74) is 1.45. The summed E-state index contributed by atoms with van der Waals surface area (Å²) >= 11 is 2.23. The molecule has 1 amide bonds. The van der Waals surface area contributed by atoms with Gasteiger partial charge in [0, 0.05) is 21.9 Å². The fourth-order valence-electron chi connectivity index (χ4n) is 1.65. The lowest BCUT2D eigenvalue weighted by Crippen LogP contribution is -2.32. The monoisotopic (exact) mass is 383 g/mol. The van der Waals surface area contributed by atoms with E-state index in [9.17, 15) is 9.59 Å². The first-order valence-corrected chi connectivity index (χ1v) is 7.17. The summed E-state index contributed by atoms with van der Waals surface area (Å²) in [6.45, 7) is 2.17. The zero-order valence-corrected chi connectivity index (χ0v) is 13.1. The average molecular weight is 383 g/mol. The Balaban J connectivity index is 1.92. The average Bonchev–Trinajstić information content (AvgIpc) is 2.41. The van der Waals surface area contributed by atoms with Crippen LogP contribution in [0.15, 0.2) is 41.5 Å². The third-order valence-electron chi connectivity index (χ3n) is 2.73. The van der Waals surface area contributed by atoms with E-state index in [1.165, 1.54) is 17.0 Å². The van der Waals surface area contributed by atoms with Gasteiger partial charge in [-0.2, -0.15) is 0 Å². The van der Waals surface area contributed by atoms with Crippen LogP contribution in [-0.4, -0.2) is 15.5 Å². The van der Waals surface area contributed by atoms with Crippen molar-refractivity contribution >= 4 is 28.5 Å². The van der Waals surface area contributed by atoms with Crippen LogP contribution in [0, 0.1) is 10.5 Å². The van der Waals surface area contributed by atoms with Gasteiger partial charge in [0.1, 0.15) is 6.54 Å². The summed E-state index contributed by atoms with van der Waals surface area (Å²) in [4.78, 5) is 27.4. The lowest BCUT2D eigenvalue weighted by Gasteiger charge is -2.07. The first kappa shape index (κ1) is 14.7. The van der Waals surface area contributed by atoms with E-state index in [-0.39, 0.29) is 18.0 Å². The fourth-order valence-corrected chi connectivity index (χ4v) is 2.01. The highest BCUT2D eigenvalue weighted by molar-refractivity contribution is 14.1. The summed E-state index contributed by atoms with van der Waals surface area (Å²) in [6.07, 6.45) is 1.39. The molecule has 0 bridgehead atoms. The summed E-state index contributed by atoms with van der Waals surface area (Å²) in [5, 5.41) is 2.78. The Bertz CT molecular complexity index is 665. The molecular formula is C14H14IN3O2. The van der Waals surface area contributed by atoms with Crippen molar-refractivity contribution in [1.82, 2.24) is 14.9 Å². The quantitative estimate of drug-likeness (QED) is 0.814. The van der Waals surface area contributed by atoms with Crippen LogP contribution in [0.3, 0.4) is 0 Å². The Morgan fingerprint density at radius 2 is 2.05 bits per heavy atom. The maximum absolute atomic E-state index is 11.8. The molecule has 1 aromatic heterocycles. The standard InChI is InChI=1S/C14H14IN3O2/c1-10-6-14(20)18(9-17-10)8-13(19)16-7-11-2-4-12(15)5-3-11/h2-6,9H,7-8H2,1H3,(H,16,19). The minimum atomic E-state index is -0.220. The highest BCUT2D eigenvalue weighted by Gasteiger charge is 2.04. The van der Waals surface area contributed by atoms with Crippen molar-refractivity contribution in [2.45, 2.75) is 20.0 Å². The van der Waals surface area contributed by atoms with Crippen LogP contribution in [0.25, 0.3) is 0 Å². The number of nitrogens with zero attached hydrogens (tertiary/aromatic N) is 2. The number of carbonyl (C=O) groups is 1. The molecular weight excluding hydrogens is 369 g/mol. The summed E-state index contributed by atoms with van der Waals surface area (Å²) in [5.74, 6) is -0.212. The number of rotatable bonds is 4. The van der Waals surface area contributed by atoms with Crippen molar-refractivity contribution in [3.63, 3.8) is 0 Å². The first-order chi connectivity index (χ1) is 9.54. The third kappa shape index (κ3) is 4.16. The summed E-state index contributed by atoms with van der Waals surface area (Å²) in [7, 11) is 0. The SMILES string of the molecule is Cc1cc(=O)n(CC(=O)NCc2ccc(I)cc2)cn1. The lowest BCUT2D eigenvalue weighted by molar-refractivity contribution is -0.121. The molecule has 1 aromatic carbocycles. The molecule has 0 fully saturated rings. The van der Waals surface area contributed by atoms with E-state index in [2.05, 4.69) is 32.9 Å². The molecule has 104 valence electrons. The third-order valence-corrected chi connectivity index (χ3v) is 3.45. The van der Waals surface area contributed by atoms with E-state index < -0.39 is 0 Å². The Hall–Kier alpha value is -1.70. The van der Waals surface area contributed by atoms with Crippen molar-refractivity contribution in [1.29, 1.82) is 0 Å². The number of benzene rings is 1. The van der Waals surface area contributed by atoms with Crippen molar-refractivity contribution in [3.05, 3.63) is 61.8 Å². The maximum Gasteiger partial charge on any atom is 0.253 e. The zero-order valence-electron chi connectivity index (χ0n) is 11.0. The molecule has 0 atom stereocenters. The van der Waals surface area contributed by atoms with Crippen molar-refractivity contribution in [2.24, 2.45) is 0 Å². The second kappa shape index (κ2) is 6.65. The van der Waals surface area contributed by atoms with Crippen molar-refractivity contribution in [2.75, 3.05) is 0 Å². The molecule has 0 saturated carbocycles. The number of halogens is 1. The molecule has 0 radical (unpaired) electrons. The first-order valence-electron chi connectivity index (χ1n) is 6.09. The topological polar surface area (TPSA) is 64.0 Å². The molecule has 0 saturated heterocycles. The molecule has 0 unspecified atom stereocenters. The number of aryl methyl sites for hydroxylation is 1. The van der Waals surface area contributed by atoms with E-state index in [4.69, 9.17) is 0 Å². The van der Waals surface area contributed by atoms with Gasteiger partial charge in [0.2, 0.25) is 5.91 Å². The predicted molar refractivity (Wildman–Crippen MR) is 84.2 cm³/mol. The normalized spacial score (nSPS) is 10.3. The van der Waals surface area contributed by atoms with Gasteiger partial charge in [0.05, 0.1) is 6.33 Å². The number of hydrogen-bond donors (Lipinski definition) is 1. The van der Waals surface area contributed by atoms with Crippen LogP contribution >= 0.6 is 22.6 Å². The molecule has 6 heteroatoms. The zero-order chi connectivity index (χ0) is 14.5. The van der Waals surface area contributed by atoms with Crippen LogP contribution < -0.4 is 10.9 Å². The highest BCUT2D eigenvalue weighted by atomic mass is 127. The molecule has 0 aliphatic rings. The van der Waals surface area contributed by atoms with E-state index in [1.54, 1.807) is 6.92 Å². The van der Waals surface area contributed by atoms with Crippen LogP contribution in [0.2, 0.25) is 0 Å². The highest BCUT2D eigenvalue weighted by Crippen LogP contribution is 2.06. The molecule has 2 rings (SSSR count). The molecule has 0 aliphatic carbocycles. The Kier molecular flexibility index (Phi) is 4.89. The Morgan fingerprint density at radius 1 is 1.35 bits per heavy atom. The van der Waals surface area contributed by atoms with Crippen LogP contribution in [0.1, 0.15) is 11.3 Å². The van der Waals surface area contributed by atoms with Gasteiger partial charge in [-0.3, -0.25) is 14.2 Å². The summed E-state index contributed by atoms with van der Waals surface area (Å²) in [6, 6.07) is 9.29. The summed E-state index contributed by atoms with van der Waals surface area (Å²) < 4.78 is 2.44. The van der Waals surface area contributed by atoms with E-state index in [0.717, 1.165) is 9.13 Å². The van der Waals surface area contributed by atoms with E-state index in [0.29, 0.717) is 12.2 Å². The number of aromatic nitrogens is 2. The fraction of sp³-hybridized carbons (Fsp3) is 0.214. The van der Waals surface area contributed by atoms with Gasteiger partial charge >= 0.3 is 0 Å². The molecule has 0 aliphatic heterocycles. The van der Waals surface area contributed by atoms with Gasteiger partial charge in [-0.15, -0.1) is 0 Å². The Labute approximate surface area is 130 Å². The van der Waals surface area contributed by atoms with Gasteiger partial charge in [0.25, 0.3) is 5.56 Å². The van der Waals surface area contributed by atoms with Crippen molar-refractivity contribution < 1.29 is 4.79 Å². The van der Waals surface area contributed by atoms with Gasteiger partial charge in [-0.1, -0.05) is 12.1 Å². The van der Waals surface area contributed by atoms with Gasteiger partial charge < -0.3 is 5.32 Å². The molecule has 0 spiro atoms. The second-order valence-electron chi connectivity index (χ2n) is 4.40. The van der Waals surface area contributed by atoms with Gasteiger partial charge in [-0.25, -0.2) is 4.98 Å². The van der Waals surface area contributed by atoms with Crippen LogP contribution in [-0.2, 0) is 17.9 Å². The van der Waals surface area contributed by atoms with Gasteiger partial charge in [0.15, 0.2) is 0 Å². The predicted octanol–water partition coefficient (Wildman–Crippen LogP) is 1.47. The lowest BCUT2D eigenvalue weighted by atomic mass is 10.2. The number of amides is 1. The smallest absolute Gasteiger partial charge is 0.253 e. The molecule has 5 nitrogen and oxygen atoms in total. The van der Waals surface area contributed by atoms with E-state index in [1.807, 2.05) is 24.3 Å². The molecule has 20 heavy (non-hydrogen) atoms. The minimum absolute atomic E-state index is 0.0174.